The third-order valence-corrected chi connectivity index (χ3v) is 9.88. The highest BCUT2D eigenvalue weighted by atomic mass is 19.1. The van der Waals surface area contributed by atoms with Gasteiger partial charge >= 0.3 is 12.1 Å². The zero-order valence-electron chi connectivity index (χ0n) is 29.4. The predicted octanol–water partition coefficient (Wildman–Crippen LogP) is 5.19. The zero-order valence-corrected chi connectivity index (χ0v) is 29.4. The number of fused-ring (bicyclic) bond motifs is 1. The molecular weight excluding hydrogens is 690 g/mol. The predicted molar refractivity (Wildman–Crippen MR) is 186 cm³/mol. The van der Waals surface area contributed by atoms with E-state index in [1.165, 1.54) is 24.0 Å². The van der Waals surface area contributed by atoms with Gasteiger partial charge in [0.05, 0.1) is 60.1 Å². The standard InChI is InChI=1S/C35H36F2N12O4/c1-34(2,3)53-33(51)46(10-9-36)32(50)49-24-11-25(30-23(13-38)16-42-48(30)18-24)22-6-7-27(40-15-22)35-20-47(29(49)12-37)31(35)26(43-44-39)19-45(35)17-21-5-8-28(52-4)41-14-21/h5-8,11,14-16,18,26,29,31H,9-10,12,17,19-20H2,1-4H3/t26-,29?,31-,35-/m1/s1. The molecule has 5 atom stereocenters. The SMILES string of the molecule is COc1ccc(CN2C[C@@H](N=[N+]=[N-])[C@H]3N4C[C@@]32c2ccc(cn2)-c2cc(cn3ncc(C#N)c23)N(C(=O)N(CCF)C(=O)OC(C)(C)C)C4CF)cn1. The number of anilines is 1. The quantitative estimate of drug-likeness (QED) is 0.140. The Labute approximate surface area is 302 Å². The van der Waals surface area contributed by atoms with Crippen molar-refractivity contribution in [1.82, 2.24) is 34.3 Å². The van der Waals surface area contributed by atoms with Gasteiger partial charge in [-0.3, -0.25) is 19.7 Å². The number of likely N-dealkylation sites (tertiary alicyclic amines) is 1. The normalized spacial score (nSPS) is 23.2. The number of pyridine rings is 3. The fourth-order valence-corrected chi connectivity index (χ4v) is 7.71. The van der Waals surface area contributed by atoms with Crippen molar-refractivity contribution in [3.63, 3.8) is 0 Å². The first-order valence-electron chi connectivity index (χ1n) is 16.9. The number of nitrogens with zero attached hydrogens (tertiary/aromatic N) is 12. The number of carbonyl (C=O) groups is 2. The molecular formula is C35H36F2N12O4. The van der Waals surface area contributed by atoms with Gasteiger partial charge in [-0.05, 0) is 44.0 Å². The van der Waals surface area contributed by atoms with Crippen molar-refractivity contribution in [3.05, 3.63) is 82.4 Å². The Kier molecular flexibility index (Phi) is 9.10. The van der Waals surface area contributed by atoms with E-state index in [9.17, 15) is 24.8 Å². The highest BCUT2D eigenvalue weighted by Crippen LogP contribution is 2.53. The summed E-state index contributed by atoms with van der Waals surface area (Å²) in [7, 11) is 1.52. The number of aromatic nitrogens is 4. The highest BCUT2D eigenvalue weighted by molar-refractivity contribution is 6.02. The molecule has 16 nitrogen and oxygen atoms in total. The first-order chi connectivity index (χ1) is 25.5. The number of hydrogen-bond acceptors (Lipinski definition) is 11. The number of methoxy groups -OCH3 is 1. The fraction of sp³-hybridized carbons (Fsp3) is 0.429. The van der Waals surface area contributed by atoms with Crippen LogP contribution in [0.3, 0.4) is 0 Å². The maximum Gasteiger partial charge on any atom is 0.418 e. The van der Waals surface area contributed by atoms with E-state index in [0.717, 1.165) is 10.5 Å². The van der Waals surface area contributed by atoms with Crippen molar-refractivity contribution in [2.45, 2.75) is 56.7 Å². The van der Waals surface area contributed by atoms with Gasteiger partial charge in [0.25, 0.3) is 0 Å². The number of ether oxygens (including phenoxy) is 2. The van der Waals surface area contributed by atoms with Crippen LogP contribution in [0.4, 0.5) is 24.1 Å². The number of rotatable bonds is 7. The Morgan fingerprint density at radius 1 is 1.19 bits per heavy atom. The number of urea groups is 1. The number of carbonyl (C=O) groups excluding carboxylic acids is 2. The third-order valence-electron chi connectivity index (χ3n) is 9.88. The lowest BCUT2D eigenvalue weighted by Gasteiger charge is -2.60. The first-order valence-corrected chi connectivity index (χ1v) is 16.9. The second-order valence-corrected chi connectivity index (χ2v) is 14.0. The van der Waals surface area contributed by atoms with Crippen molar-refractivity contribution < 1.29 is 27.8 Å². The molecule has 274 valence electrons. The van der Waals surface area contributed by atoms with Gasteiger partial charge in [0.15, 0.2) is 0 Å². The maximum absolute atomic E-state index is 15.9. The molecule has 0 aliphatic carbocycles. The zero-order chi connectivity index (χ0) is 37.7. The van der Waals surface area contributed by atoms with Gasteiger partial charge in [0, 0.05) is 60.2 Å². The van der Waals surface area contributed by atoms with Crippen LogP contribution in [0.2, 0.25) is 0 Å². The Morgan fingerprint density at radius 3 is 2.62 bits per heavy atom. The van der Waals surface area contributed by atoms with Crippen molar-refractivity contribution in [1.29, 1.82) is 5.26 Å². The van der Waals surface area contributed by atoms with Gasteiger partial charge in [0.1, 0.15) is 31.2 Å². The molecule has 6 bridgehead atoms. The van der Waals surface area contributed by atoms with Gasteiger partial charge in [-0.2, -0.15) is 10.4 Å². The van der Waals surface area contributed by atoms with Gasteiger partial charge in [-0.15, -0.1) is 0 Å². The Hall–Kier alpha value is -5.89. The van der Waals surface area contributed by atoms with Crippen molar-refractivity contribution in [2.75, 3.05) is 45.0 Å². The van der Waals surface area contributed by atoms with Crippen LogP contribution in [0.1, 0.15) is 37.6 Å². The van der Waals surface area contributed by atoms with E-state index >= 15 is 4.39 Å². The molecule has 2 fully saturated rings. The van der Waals surface area contributed by atoms with Crippen LogP contribution >= 0.6 is 0 Å². The number of alkyl halides is 2. The van der Waals surface area contributed by atoms with Crippen LogP contribution in [0.5, 0.6) is 5.88 Å². The molecule has 0 N–H and O–H groups in total. The van der Waals surface area contributed by atoms with Crippen LogP contribution in [-0.4, -0.2) is 110 Å². The molecule has 10 heterocycles. The maximum atomic E-state index is 15.9. The summed E-state index contributed by atoms with van der Waals surface area (Å²) < 4.78 is 42.1. The summed E-state index contributed by atoms with van der Waals surface area (Å²) in [5, 5.41) is 18.5. The number of nitriles is 1. The molecule has 18 heteroatoms. The first kappa shape index (κ1) is 35.5. The molecule has 0 saturated carbocycles. The molecule has 3 amide bonds. The minimum atomic E-state index is -1.39. The smallest absolute Gasteiger partial charge is 0.418 e. The summed E-state index contributed by atoms with van der Waals surface area (Å²) in [6.07, 6.45) is 3.66. The van der Waals surface area contributed by atoms with Crippen LogP contribution in [-0.2, 0) is 16.8 Å². The van der Waals surface area contributed by atoms with Gasteiger partial charge in [0.2, 0.25) is 5.88 Å². The summed E-state index contributed by atoms with van der Waals surface area (Å²) in [5.74, 6) is 0.440. The number of azide groups is 1. The monoisotopic (exact) mass is 726 g/mol. The van der Waals surface area contributed by atoms with Gasteiger partial charge in [-0.1, -0.05) is 17.2 Å². The van der Waals surface area contributed by atoms with Crippen LogP contribution in [0.25, 0.3) is 27.1 Å². The molecule has 2 unspecified atom stereocenters. The molecule has 6 aliphatic rings. The summed E-state index contributed by atoms with van der Waals surface area (Å²) in [4.78, 5) is 46.2. The molecule has 53 heavy (non-hydrogen) atoms. The van der Waals surface area contributed by atoms with Crippen molar-refractivity contribution >= 4 is 23.3 Å². The molecule has 4 aromatic rings. The lowest BCUT2D eigenvalue weighted by molar-refractivity contribution is -0.104. The Balaban J connectivity index is 1.44. The molecule has 1 spiro atoms. The van der Waals surface area contributed by atoms with Gasteiger partial charge < -0.3 is 9.47 Å². The van der Waals surface area contributed by atoms with E-state index < -0.39 is 61.4 Å². The second-order valence-electron chi connectivity index (χ2n) is 14.0. The highest BCUT2D eigenvalue weighted by Gasteiger charge is 2.67. The number of halogens is 2. The van der Waals surface area contributed by atoms with E-state index in [1.807, 2.05) is 18.2 Å². The lowest BCUT2D eigenvalue weighted by atomic mass is 9.75. The average molecular weight is 727 g/mol. The Bertz CT molecular complexity index is 2150. The average Bonchev–Trinajstić information content (AvgIpc) is 3.64. The number of hydrogen-bond donors (Lipinski definition) is 0. The van der Waals surface area contributed by atoms with Gasteiger partial charge in [-0.25, -0.2) is 32.8 Å². The summed E-state index contributed by atoms with van der Waals surface area (Å²) in [6.45, 7) is 2.68. The van der Waals surface area contributed by atoms with Crippen LogP contribution in [0.15, 0.2) is 60.2 Å². The summed E-state index contributed by atoms with van der Waals surface area (Å²) in [5.41, 5.74) is 11.0. The van der Waals surface area contributed by atoms with Crippen LogP contribution < -0.4 is 9.64 Å². The lowest BCUT2D eigenvalue weighted by Crippen LogP contribution is -2.76. The largest absolute Gasteiger partial charge is 0.481 e. The topological polar surface area (TPSA) is 181 Å². The molecule has 10 rings (SSSR count). The second kappa shape index (κ2) is 13.6. The van der Waals surface area contributed by atoms with E-state index in [1.54, 1.807) is 50.2 Å². The van der Waals surface area contributed by atoms with E-state index in [-0.39, 0.29) is 24.3 Å². The minimum absolute atomic E-state index is 0.0989. The van der Waals surface area contributed by atoms with E-state index in [0.29, 0.717) is 39.7 Å². The summed E-state index contributed by atoms with van der Waals surface area (Å²) in [6, 6.07) is 8.58. The van der Waals surface area contributed by atoms with E-state index in [4.69, 9.17) is 14.5 Å². The molecule has 6 aliphatic heterocycles. The molecule has 4 aromatic heterocycles. The summed E-state index contributed by atoms with van der Waals surface area (Å²) >= 11 is 0. The van der Waals surface area contributed by atoms with Crippen molar-refractivity contribution in [2.24, 2.45) is 5.11 Å². The molecule has 0 radical (unpaired) electrons. The van der Waals surface area contributed by atoms with Crippen molar-refractivity contribution in [3.8, 4) is 23.1 Å². The number of imide groups is 1. The number of amides is 3. The van der Waals surface area contributed by atoms with E-state index in [2.05, 4.69) is 31.1 Å². The Morgan fingerprint density at radius 2 is 2.00 bits per heavy atom. The fourth-order valence-electron chi connectivity index (χ4n) is 7.71. The van der Waals surface area contributed by atoms with Crippen LogP contribution in [0, 0.1) is 11.3 Å². The molecule has 0 aromatic carbocycles. The molecule has 2 saturated heterocycles. The minimum Gasteiger partial charge on any atom is -0.481 e. The third kappa shape index (κ3) is 5.92.